The molecule has 192 valence electrons. The molecule has 1 atom stereocenters. The van der Waals surface area contributed by atoms with Crippen molar-refractivity contribution in [3.8, 4) is 11.5 Å². The third-order valence-corrected chi connectivity index (χ3v) is 6.27. The Labute approximate surface area is 220 Å². The smallest absolute Gasteiger partial charge is 0.295 e. The van der Waals surface area contributed by atoms with Crippen molar-refractivity contribution in [2.24, 2.45) is 0 Å². The average molecular weight is 522 g/mol. The lowest BCUT2D eigenvalue weighted by atomic mass is 9.95. The highest BCUT2D eigenvalue weighted by Crippen LogP contribution is 2.42. The van der Waals surface area contributed by atoms with Gasteiger partial charge in [-0.05, 0) is 54.4 Å². The fourth-order valence-electron chi connectivity index (χ4n) is 4.23. The topological polar surface area (TPSA) is 85.3 Å². The number of Topliss-reactive ketones (excluding diaryl/α,β-unsaturated/α-hetero) is 1. The molecule has 1 fully saturated rings. The van der Waals surface area contributed by atoms with Gasteiger partial charge < -0.3 is 24.2 Å². The average Bonchev–Trinajstić information content (AvgIpc) is 3.17. The van der Waals surface area contributed by atoms with Crippen molar-refractivity contribution in [2.75, 3.05) is 26.9 Å². The minimum Gasteiger partial charge on any atom is -0.507 e. The summed E-state index contributed by atoms with van der Waals surface area (Å²) in [4.78, 5) is 27.6. The number of hydrogen-bond donors (Lipinski definition) is 1. The molecule has 0 saturated carbocycles. The lowest BCUT2D eigenvalue weighted by Crippen LogP contribution is -2.32. The van der Waals surface area contributed by atoms with Gasteiger partial charge in [0, 0.05) is 24.2 Å². The number of carbonyl (C=O) groups is 2. The largest absolute Gasteiger partial charge is 0.507 e. The first kappa shape index (κ1) is 26.3. The second-order valence-electron chi connectivity index (χ2n) is 8.41. The first-order valence-corrected chi connectivity index (χ1v) is 12.3. The normalized spacial score (nSPS) is 16.7. The molecular formula is C29H28ClNO6. The summed E-state index contributed by atoms with van der Waals surface area (Å²) in [5, 5.41) is 11.6. The molecule has 1 saturated heterocycles. The molecule has 0 aliphatic carbocycles. The number of aliphatic hydroxyl groups excluding tert-OH is 1. The number of carbonyl (C=O) groups excluding carboxylic acids is 2. The van der Waals surface area contributed by atoms with Crippen molar-refractivity contribution in [1.82, 2.24) is 4.90 Å². The Morgan fingerprint density at radius 1 is 0.973 bits per heavy atom. The molecule has 4 rings (SSSR count). The van der Waals surface area contributed by atoms with Gasteiger partial charge in [0.15, 0.2) is 11.5 Å². The summed E-state index contributed by atoms with van der Waals surface area (Å²) >= 11 is 5.99. The zero-order chi connectivity index (χ0) is 26.4. The monoisotopic (exact) mass is 521 g/mol. The van der Waals surface area contributed by atoms with E-state index in [1.807, 2.05) is 37.3 Å². The van der Waals surface area contributed by atoms with Crippen LogP contribution in [0.2, 0.25) is 5.02 Å². The number of likely N-dealkylation sites (tertiary alicyclic amines) is 1. The van der Waals surface area contributed by atoms with Crippen LogP contribution in [-0.4, -0.2) is 48.6 Å². The summed E-state index contributed by atoms with van der Waals surface area (Å²) in [6.07, 6.45) is 0. The molecule has 7 nitrogen and oxygen atoms in total. The molecule has 1 N–H and O–H groups in total. The van der Waals surface area contributed by atoms with Gasteiger partial charge in [-0.3, -0.25) is 9.59 Å². The van der Waals surface area contributed by atoms with Crippen molar-refractivity contribution in [2.45, 2.75) is 19.6 Å². The minimum atomic E-state index is -0.840. The Bertz CT molecular complexity index is 1290. The molecule has 0 aromatic heterocycles. The van der Waals surface area contributed by atoms with Crippen LogP contribution in [-0.2, 0) is 20.9 Å². The van der Waals surface area contributed by atoms with Crippen molar-refractivity contribution in [3.63, 3.8) is 0 Å². The third-order valence-electron chi connectivity index (χ3n) is 6.01. The molecule has 1 unspecified atom stereocenters. The van der Waals surface area contributed by atoms with Gasteiger partial charge >= 0.3 is 0 Å². The Kier molecular flexibility index (Phi) is 8.48. The van der Waals surface area contributed by atoms with Crippen molar-refractivity contribution in [1.29, 1.82) is 0 Å². The van der Waals surface area contributed by atoms with E-state index in [9.17, 15) is 14.7 Å². The van der Waals surface area contributed by atoms with Crippen LogP contribution in [0, 0.1) is 0 Å². The summed E-state index contributed by atoms with van der Waals surface area (Å²) in [5.74, 6) is -0.751. The summed E-state index contributed by atoms with van der Waals surface area (Å²) in [7, 11) is 1.52. The molecular weight excluding hydrogens is 494 g/mol. The van der Waals surface area contributed by atoms with E-state index >= 15 is 0 Å². The minimum absolute atomic E-state index is 0.0103. The van der Waals surface area contributed by atoms with Gasteiger partial charge in [0.05, 0.1) is 24.8 Å². The molecule has 0 bridgehead atoms. The number of halogens is 1. The standard InChI is InChI=1S/C29H28ClNO6/c1-3-36-24-17-21(11-14-23(24)37-18-19-7-5-4-6-8-19)26-25(27(32)20-9-12-22(30)13-10-20)28(33)29(34)31(26)15-16-35-2/h4-14,17,26,32H,3,15-16,18H2,1-2H3. The number of hydrogen-bond acceptors (Lipinski definition) is 6. The molecule has 3 aromatic rings. The zero-order valence-electron chi connectivity index (χ0n) is 20.6. The van der Waals surface area contributed by atoms with Crippen LogP contribution in [0.4, 0.5) is 0 Å². The molecule has 3 aromatic carbocycles. The van der Waals surface area contributed by atoms with Gasteiger partial charge in [0.2, 0.25) is 0 Å². The van der Waals surface area contributed by atoms with Gasteiger partial charge in [-0.1, -0.05) is 48.0 Å². The fraction of sp³-hybridized carbons (Fsp3) is 0.241. The van der Waals surface area contributed by atoms with E-state index < -0.39 is 17.7 Å². The van der Waals surface area contributed by atoms with E-state index in [2.05, 4.69) is 0 Å². The van der Waals surface area contributed by atoms with Gasteiger partial charge in [-0.15, -0.1) is 0 Å². The highest BCUT2D eigenvalue weighted by molar-refractivity contribution is 6.46. The van der Waals surface area contributed by atoms with Crippen LogP contribution < -0.4 is 9.47 Å². The van der Waals surface area contributed by atoms with Gasteiger partial charge in [0.1, 0.15) is 12.4 Å². The summed E-state index contributed by atoms with van der Waals surface area (Å²) < 4.78 is 17.1. The van der Waals surface area contributed by atoms with E-state index in [-0.39, 0.29) is 24.5 Å². The fourth-order valence-corrected chi connectivity index (χ4v) is 4.35. The predicted octanol–water partition coefficient (Wildman–Crippen LogP) is 5.39. The molecule has 1 amide bonds. The number of nitrogens with zero attached hydrogens (tertiary/aromatic N) is 1. The Hall–Kier alpha value is -3.81. The second kappa shape index (κ2) is 12.0. The maximum absolute atomic E-state index is 13.1. The number of methoxy groups -OCH3 is 1. The zero-order valence-corrected chi connectivity index (χ0v) is 21.4. The lowest BCUT2D eigenvalue weighted by molar-refractivity contribution is -0.140. The second-order valence-corrected chi connectivity index (χ2v) is 8.84. The van der Waals surface area contributed by atoms with Crippen LogP contribution in [0.25, 0.3) is 5.76 Å². The first-order valence-electron chi connectivity index (χ1n) is 11.9. The predicted molar refractivity (Wildman–Crippen MR) is 141 cm³/mol. The van der Waals surface area contributed by atoms with Crippen molar-refractivity contribution < 1.29 is 28.9 Å². The molecule has 1 aliphatic heterocycles. The van der Waals surface area contributed by atoms with E-state index in [0.717, 1.165) is 5.56 Å². The number of ketones is 1. The van der Waals surface area contributed by atoms with Crippen LogP contribution in [0.3, 0.4) is 0 Å². The molecule has 1 aliphatic rings. The number of ether oxygens (including phenoxy) is 3. The number of aliphatic hydroxyl groups is 1. The van der Waals surface area contributed by atoms with Crippen molar-refractivity contribution in [3.05, 3.63) is 100 Å². The summed E-state index contributed by atoms with van der Waals surface area (Å²) in [6, 6.07) is 20.6. The third kappa shape index (κ3) is 5.79. The number of rotatable bonds is 10. The quantitative estimate of drug-likeness (QED) is 0.219. The van der Waals surface area contributed by atoms with Gasteiger partial charge in [-0.2, -0.15) is 0 Å². The number of amides is 1. The molecule has 37 heavy (non-hydrogen) atoms. The highest BCUT2D eigenvalue weighted by Gasteiger charge is 2.46. The number of benzene rings is 3. The first-order chi connectivity index (χ1) is 17.9. The Morgan fingerprint density at radius 3 is 2.38 bits per heavy atom. The van der Waals surface area contributed by atoms with Crippen molar-refractivity contribution >= 4 is 29.1 Å². The summed E-state index contributed by atoms with van der Waals surface area (Å²) in [5.41, 5.74) is 1.97. The maximum atomic E-state index is 13.1. The van der Waals surface area contributed by atoms with E-state index in [4.69, 9.17) is 25.8 Å². The van der Waals surface area contributed by atoms with E-state index in [0.29, 0.717) is 40.9 Å². The van der Waals surface area contributed by atoms with Crippen LogP contribution in [0.5, 0.6) is 11.5 Å². The van der Waals surface area contributed by atoms with Gasteiger partial charge in [0.25, 0.3) is 11.7 Å². The molecule has 1 heterocycles. The Morgan fingerprint density at radius 2 is 1.70 bits per heavy atom. The molecule has 0 spiro atoms. The maximum Gasteiger partial charge on any atom is 0.295 e. The van der Waals surface area contributed by atoms with E-state index in [1.165, 1.54) is 12.0 Å². The molecule has 0 radical (unpaired) electrons. The SMILES string of the molecule is CCOc1cc(C2C(=C(O)c3ccc(Cl)cc3)C(=O)C(=O)N2CCOC)ccc1OCc1ccccc1. The lowest BCUT2D eigenvalue weighted by Gasteiger charge is -2.26. The highest BCUT2D eigenvalue weighted by atomic mass is 35.5. The molecule has 8 heteroatoms. The van der Waals surface area contributed by atoms with E-state index in [1.54, 1.807) is 42.5 Å². The van der Waals surface area contributed by atoms with Crippen LogP contribution in [0.1, 0.15) is 29.7 Å². The Balaban J connectivity index is 1.76. The van der Waals surface area contributed by atoms with Gasteiger partial charge in [-0.25, -0.2) is 0 Å². The van der Waals surface area contributed by atoms with Crippen LogP contribution >= 0.6 is 11.6 Å². The van der Waals surface area contributed by atoms with Crippen LogP contribution in [0.15, 0.2) is 78.4 Å². The summed E-state index contributed by atoms with van der Waals surface area (Å²) in [6.45, 7) is 2.99.